The summed E-state index contributed by atoms with van der Waals surface area (Å²) in [6, 6.07) is 14.2. The normalized spacial score (nSPS) is 10.1. The molecule has 0 atom stereocenters. The number of aryl methyl sites for hydroxylation is 1. The Bertz CT molecular complexity index is 835. The number of carbonyl (C=O) groups excluding carboxylic acids is 3. The number of anilines is 1. The van der Waals surface area contributed by atoms with Crippen molar-refractivity contribution < 1.29 is 23.9 Å². The van der Waals surface area contributed by atoms with Gasteiger partial charge in [0.05, 0.1) is 12.2 Å². The molecule has 0 unspecified atom stereocenters. The maximum Gasteiger partial charge on any atom is 0.325 e. The third-order valence-corrected chi connectivity index (χ3v) is 3.81. The highest BCUT2D eigenvalue weighted by Gasteiger charge is 2.14. The highest BCUT2D eigenvalue weighted by atomic mass is 16.5. The Morgan fingerprint density at radius 2 is 1.79 bits per heavy atom. The Balaban J connectivity index is 1.78. The first kappa shape index (κ1) is 21.0. The predicted molar refractivity (Wildman–Crippen MR) is 105 cm³/mol. The number of carbonyl (C=O) groups is 3. The molecule has 0 aliphatic carbocycles. The molecule has 0 saturated carbocycles. The Hall–Kier alpha value is -3.35. The fourth-order valence-corrected chi connectivity index (χ4v) is 2.45. The highest BCUT2D eigenvalue weighted by molar-refractivity contribution is 5.98. The lowest BCUT2D eigenvalue weighted by atomic mass is 10.1. The van der Waals surface area contributed by atoms with Crippen LogP contribution < -0.4 is 15.4 Å². The number of hydrogen-bond donors (Lipinski definition) is 2. The van der Waals surface area contributed by atoms with E-state index >= 15 is 0 Å². The van der Waals surface area contributed by atoms with Crippen molar-refractivity contribution in [2.45, 2.75) is 20.3 Å². The summed E-state index contributed by atoms with van der Waals surface area (Å²) in [5.41, 5.74) is 2.05. The molecule has 0 saturated heterocycles. The van der Waals surface area contributed by atoms with Gasteiger partial charge in [-0.3, -0.25) is 14.4 Å². The summed E-state index contributed by atoms with van der Waals surface area (Å²) in [7, 11) is 0. The molecule has 2 aromatic rings. The molecule has 0 bridgehead atoms. The van der Waals surface area contributed by atoms with Crippen LogP contribution in [-0.2, 0) is 20.7 Å². The highest BCUT2D eigenvalue weighted by Crippen LogP contribution is 2.17. The molecule has 28 heavy (non-hydrogen) atoms. The van der Waals surface area contributed by atoms with Gasteiger partial charge in [0.25, 0.3) is 11.8 Å². The third-order valence-electron chi connectivity index (χ3n) is 3.81. The van der Waals surface area contributed by atoms with E-state index in [1.807, 2.05) is 32.0 Å². The molecular formula is C21H24N2O5. The number of para-hydroxylation sites is 1. The van der Waals surface area contributed by atoms with E-state index in [0.717, 1.165) is 12.0 Å². The van der Waals surface area contributed by atoms with Crippen LogP contribution in [-0.4, -0.2) is 37.5 Å². The second-order valence-corrected chi connectivity index (χ2v) is 5.87. The maximum absolute atomic E-state index is 12.2. The number of benzene rings is 2. The first-order chi connectivity index (χ1) is 13.5. The largest absolute Gasteiger partial charge is 0.493 e. The van der Waals surface area contributed by atoms with Crippen molar-refractivity contribution in [3.63, 3.8) is 0 Å². The van der Waals surface area contributed by atoms with Gasteiger partial charge in [-0.2, -0.15) is 0 Å². The Labute approximate surface area is 164 Å². The van der Waals surface area contributed by atoms with Crippen LogP contribution in [0, 0.1) is 0 Å². The van der Waals surface area contributed by atoms with Crippen LogP contribution in [0.3, 0.4) is 0 Å². The fourth-order valence-electron chi connectivity index (χ4n) is 2.45. The van der Waals surface area contributed by atoms with Crippen LogP contribution in [0.15, 0.2) is 48.5 Å². The second kappa shape index (κ2) is 10.7. The summed E-state index contributed by atoms with van der Waals surface area (Å²) in [5.74, 6) is -1.18. The predicted octanol–water partition coefficient (Wildman–Crippen LogP) is 2.56. The molecule has 2 aromatic carbocycles. The number of esters is 1. The molecule has 0 aliphatic rings. The molecule has 0 aliphatic heterocycles. The molecule has 148 valence electrons. The van der Waals surface area contributed by atoms with Crippen molar-refractivity contribution in [1.82, 2.24) is 5.32 Å². The van der Waals surface area contributed by atoms with Gasteiger partial charge in [-0.05, 0) is 43.2 Å². The van der Waals surface area contributed by atoms with Crippen molar-refractivity contribution >= 4 is 23.5 Å². The van der Waals surface area contributed by atoms with Crippen molar-refractivity contribution in [2.24, 2.45) is 0 Å². The Morgan fingerprint density at radius 3 is 2.54 bits per heavy atom. The number of rotatable bonds is 9. The molecule has 0 aromatic heterocycles. The minimum Gasteiger partial charge on any atom is -0.493 e. The zero-order valence-corrected chi connectivity index (χ0v) is 16.0. The first-order valence-electron chi connectivity index (χ1n) is 9.08. The van der Waals surface area contributed by atoms with Gasteiger partial charge in [0.2, 0.25) is 0 Å². The average molecular weight is 384 g/mol. The smallest absolute Gasteiger partial charge is 0.325 e. The van der Waals surface area contributed by atoms with Crippen molar-refractivity contribution in [2.75, 3.05) is 25.1 Å². The van der Waals surface area contributed by atoms with Gasteiger partial charge in [0.15, 0.2) is 6.61 Å². The van der Waals surface area contributed by atoms with Crippen LogP contribution in [0.25, 0.3) is 0 Å². The summed E-state index contributed by atoms with van der Waals surface area (Å²) in [6.45, 7) is 3.47. The molecule has 7 nitrogen and oxygen atoms in total. The second-order valence-electron chi connectivity index (χ2n) is 5.87. The first-order valence-corrected chi connectivity index (χ1v) is 9.08. The molecule has 0 radical (unpaired) electrons. The maximum atomic E-state index is 12.2. The van der Waals surface area contributed by atoms with Gasteiger partial charge >= 0.3 is 5.97 Å². The fraction of sp³-hybridized carbons (Fsp3) is 0.286. The number of amides is 2. The van der Waals surface area contributed by atoms with Crippen molar-refractivity contribution in [3.8, 4) is 5.75 Å². The van der Waals surface area contributed by atoms with Crippen LogP contribution in [0.5, 0.6) is 5.75 Å². The van der Waals surface area contributed by atoms with E-state index < -0.39 is 24.4 Å². The van der Waals surface area contributed by atoms with E-state index in [1.165, 1.54) is 0 Å². The van der Waals surface area contributed by atoms with Gasteiger partial charge < -0.3 is 20.1 Å². The molecule has 2 amide bonds. The lowest BCUT2D eigenvalue weighted by Gasteiger charge is -2.10. The van der Waals surface area contributed by atoms with Gasteiger partial charge in [-0.15, -0.1) is 0 Å². The standard InChI is InChI=1S/C21H24N2O5/c1-3-15-8-7-9-16(12-15)23-19(24)14-28-20(25)13-22-21(26)17-10-5-6-11-18(17)27-4-2/h5-12H,3-4,13-14H2,1-2H3,(H,22,26)(H,23,24). The van der Waals surface area contributed by atoms with Crippen molar-refractivity contribution in [1.29, 1.82) is 0 Å². The van der Waals surface area contributed by atoms with E-state index in [1.54, 1.807) is 30.3 Å². The number of ether oxygens (including phenoxy) is 2. The number of nitrogens with one attached hydrogen (secondary N) is 2. The summed E-state index contributed by atoms with van der Waals surface area (Å²) in [4.78, 5) is 35.9. The molecule has 2 rings (SSSR count). The minimum atomic E-state index is -0.709. The van der Waals surface area contributed by atoms with Gasteiger partial charge in [0, 0.05) is 5.69 Å². The van der Waals surface area contributed by atoms with Gasteiger partial charge in [-0.25, -0.2) is 0 Å². The Morgan fingerprint density at radius 1 is 1.00 bits per heavy atom. The van der Waals surface area contributed by atoms with Gasteiger partial charge in [-0.1, -0.05) is 31.2 Å². The monoisotopic (exact) mass is 384 g/mol. The molecule has 0 spiro atoms. The summed E-state index contributed by atoms with van der Waals surface area (Å²) in [6.07, 6.45) is 0.852. The molecular weight excluding hydrogens is 360 g/mol. The van der Waals surface area contributed by atoms with E-state index in [0.29, 0.717) is 23.6 Å². The minimum absolute atomic E-state index is 0.325. The van der Waals surface area contributed by atoms with E-state index in [2.05, 4.69) is 10.6 Å². The quantitative estimate of drug-likeness (QED) is 0.648. The third kappa shape index (κ3) is 6.42. The molecule has 0 heterocycles. The number of hydrogen-bond acceptors (Lipinski definition) is 5. The lowest BCUT2D eigenvalue weighted by Crippen LogP contribution is -2.32. The molecule has 0 fully saturated rings. The van der Waals surface area contributed by atoms with Crippen molar-refractivity contribution in [3.05, 3.63) is 59.7 Å². The van der Waals surface area contributed by atoms with Crippen LogP contribution in [0.4, 0.5) is 5.69 Å². The summed E-state index contributed by atoms with van der Waals surface area (Å²) >= 11 is 0. The zero-order chi connectivity index (χ0) is 20.4. The topological polar surface area (TPSA) is 93.7 Å². The average Bonchev–Trinajstić information content (AvgIpc) is 2.71. The SMILES string of the molecule is CCOc1ccccc1C(=O)NCC(=O)OCC(=O)Nc1cccc(CC)c1. The zero-order valence-electron chi connectivity index (χ0n) is 16.0. The van der Waals surface area contributed by atoms with Gasteiger partial charge in [0.1, 0.15) is 12.3 Å². The van der Waals surface area contributed by atoms with E-state index in [-0.39, 0.29) is 6.54 Å². The lowest BCUT2D eigenvalue weighted by molar-refractivity contribution is -0.146. The summed E-state index contributed by atoms with van der Waals surface area (Å²) < 4.78 is 10.3. The molecule has 7 heteroatoms. The van der Waals surface area contributed by atoms with E-state index in [9.17, 15) is 14.4 Å². The molecule has 2 N–H and O–H groups in total. The van der Waals surface area contributed by atoms with Crippen LogP contribution >= 0.6 is 0 Å². The van der Waals surface area contributed by atoms with Crippen LogP contribution in [0.2, 0.25) is 0 Å². The summed E-state index contributed by atoms with van der Waals surface area (Å²) in [5, 5.41) is 5.13. The van der Waals surface area contributed by atoms with Crippen LogP contribution in [0.1, 0.15) is 29.8 Å². The van der Waals surface area contributed by atoms with E-state index in [4.69, 9.17) is 9.47 Å². The Kier molecular flexibility index (Phi) is 8.02.